The molecule has 0 unspecified atom stereocenters. The zero-order valence-electron chi connectivity index (χ0n) is 10.3. The highest BCUT2D eigenvalue weighted by atomic mass is 35.5. The van der Waals surface area contributed by atoms with E-state index in [2.05, 4.69) is 6.92 Å². The second-order valence-corrected chi connectivity index (χ2v) is 4.58. The molecule has 4 N–H and O–H groups in total. The molecule has 0 atom stereocenters. The van der Waals surface area contributed by atoms with Crippen LogP contribution in [-0.4, -0.2) is 19.7 Å². The van der Waals surface area contributed by atoms with Gasteiger partial charge < -0.3 is 16.2 Å². The summed E-state index contributed by atoms with van der Waals surface area (Å²) in [6.07, 6.45) is 1.80. The molecular formula is C13H21ClN2O. The molecule has 1 aromatic rings. The average molecular weight is 257 g/mol. The van der Waals surface area contributed by atoms with Crippen LogP contribution in [-0.2, 0) is 6.42 Å². The normalized spacial score (nSPS) is 10.9. The Morgan fingerprint density at radius 3 is 2.59 bits per heavy atom. The standard InChI is InChI=1S/C13H21ClN2O/c1-2-5-17-13-4-3-12(14)7-11(13)6-10(8-15)9-16/h3-4,7,10H,2,5-6,8-9,15-16H2,1H3. The van der Waals surface area contributed by atoms with Crippen molar-refractivity contribution in [3.05, 3.63) is 28.8 Å². The largest absolute Gasteiger partial charge is 0.493 e. The molecule has 0 saturated heterocycles. The van der Waals surface area contributed by atoms with Crippen molar-refractivity contribution < 1.29 is 4.74 Å². The molecule has 1 aromatic carbocycles. The molecule has 1 rings (SSSR count). The van der Waals surface area contributed by atoms with Crippen molar-refractivity contribution in [2.75, 3.05) is 19.7 Å². The maximum Gasteiger partial charge on any atom is 0.122 e. The van der Waals surface area contributed by atoms with E-state index in [0.717, 1.165) is 29.2 Å². The molecule has 4 heteroatoms. The van der Waals surface area contributed by atoms with Crippen LogP contribution in [0.1, 0.15) is 18.9 Å². The van der Waals surface area contributed by atoms with Gasteiger partial charge >= 0.3 is 0 Å². The topological polar surface area (TPSA) is 61.3 Å². The van der Waals surface area contributed by atoms with Crippen LogP contribution in [0.2, 0.25) is 5.02 Å². The van der Waals surface area contributed by atoms with Crippen LogP contribution in [0.5, 0.6) is 5.75 Å². The van der Waals surface area contributed by atoms with Crippen LogP contribution in [0.25, 0.3) is 0 Å². The molecule has 0 radical (unpaired) electrons. The lowest BCUT2D eigenvalue weighted by molar-refractivity contribution is 0.312. The molecule has 96 valence electrons. The van der Waals surface area contributed by atoms with Gasteiger partial charge in [0, 0.05) is 5.02 Å². The summed E-state index contributed by atoms with van der Waals surface area (Å²) in [5.74, 6) is 1.17. The highest BCUT2D eigenvalue weighted by molar-refractivity contribution is 6.30. The Morgan fingerprint density at radius 1 is 1.29 bits per heavy atom. The van der Waals surface area contributed by atoms with Gasteiger partial charge in [0.1, 0.15) is 5.75 Å². The summed E-state index contributed by atoms with van der Waals surface area (Å²) in [4.78, 5) is 0. The summed E-state index contributed by atoms with van der Waals surface area (Å²) < 4.78 is 5.69. The van der Waals surface area contributed by atoms with Gasteiger partial charge in [-0.05, 0) is 55.6 Å². The lowest BCUT2D eigenvalue weighted by atomic mass is 9.99. The molecule has 17 heavy (non-hydrogen) atoms. The first-order valence-corrected chi connectivity index (χ1v) is 6.40. The Balaban J connectivity index is 2.82. The summed E-state index contributed by atoms with van der Waals surface area (Å²) in [7, 11) is 0. The Kier molecular flexibility index (Phi) is 6.34. The lowest BCUT2D eigenvalue weighted by Crippen LogP contribution is -2.25. The summed E-state index contributed by atoms with van der Waals surface area (Å²) in [6.45, 7) is 3.95. The molecule has 0 saturated carbocycles. The third-order valence-corrected chi connectivity index (χ3v) is 2.89. The van der Waals surface area contributed by atoms with Gasteiger partial charge in [-0.2, -0.15) is 0 Å². The van der Waals surface area contributed by atoms with Crippen molar-refractivity contribution in [2.45, 2.75) is 19.8 Å². The summed E-state index contributed by atoms with van der Waals surface area (Å²) in [6, 6.07) is 5.69. The molecule has 0 aliphatic heterocycles. The van der Waals surface area contributed by atoms with Crippen LogP contribution in [0.4, 0.5) is 0 Å². The monoisotopic (exact) mass is 256 g/mol. The van der Waals surface area contributed by atoms with Crippen molar-refractivity contribution in [2.24, 2.45) is 17.4 Å². The number of hydrogen-bond donors (Lipinski definition) is 2. The van der Waals surface area contributed by atoms with Crippen molar-refractivity contribution in [3.8, 4) is 5.75 Å². The summed E-state index contributed by atoms with van der Waals surface area (Å²) >= 11 is 6.00. The predicted octanol–water partition coefficient (Wildman–Crippen LogP) is 2.20. The van der Waals surface area contributed by atoms with Crippen molar-refractivity contribution in [3.63, 3.8) is 0 Å². The predicted molar refractivity (Wildman–Crippen MR) is 72.5 cm³/mol. The highest BCUT2D eigenvalue weighted by Gasteiger charge is 2.11. The molecule has 0 aliphatic rings. The Labute approximate surface area is 108 Å². The molecule has 0 aromatic heterocycles. The van der Waals surface area contributed by atoms with Crippen LogP contribution < -0.4 is 16.2 Å². The van der Waals surface area contributed by atoms with E-state index in [-0.39, 0.29) is 5.92 Å². The maximum absolute atomic E-state index is 6.00. The number of hydrogen-bond acceptors (Lipinski definition) is 3. The Bertz CT molecular complexity index is 340. The Morgan fingerprint density at radius 2 is 2.00 bits per heavy atom. The number of ether oxygens (including phenoxy) is 1. The van der Waals surface area contributed by atoms with E-state index in [9.17, 15) is 0 Å². The van der Waals surface area contributed by atoms with Crippen molar-refractivity contribution in [1.29, 1.82) is 0 Å². The number of rotatable bonds is 7. The van der Waals surface area contributed by atoms with E-state index in [4.69, 9.17) is 27.8 Å². The molecule has 3 nitrogen and oxygen atoms in total. The van der Waals surface area contributed by atoms with E-state index in [1.807, 2.05) is 18.2 Å². The van der Waals surface area contributed by atoms with E-state index in [1.165, 1.54) is 0 Å². The summed E-state index contributed by atoms with van der Waals surface area (Å²) in [5.41, 5.74) is 12.4. The molecule has 0 spiro atoms. The second-order valence-electron chi connectivity index (χ2n) is 4.14. The second kappa shape index (κ2) is 7.54. The van der Waals surface area contributed by atoms with Crippen LogP contribution in [0, 0.1) is 5.92 Å². The number of halogens is 1. The van der Waals surface area contributed by atoms with Gasteiger partial charge in [0.05, 0.1) is 6.61 Å². The fourth-order valence-corrected chi connectivity index (χ4v) is 1.83. The van der Waals surface area contributed by atoms with Gasteiger partial charge in [0.2, 0.25) is 0 Å². The fourth-order valence-electron chi connectivity index (χ4n) is 1.63. The molecule has 0 heterocycles. The smallest absolute Gasteiger partial charge is 0.122 e. The van der Waals surface area contributed by atoms with E-state index < -0.39 is 0 Å². The molecule has 0 fully saturated rings. The molecule has 0 amide bonds. The first kappa shape index (κ1) is 14.3. The fraction of sp³-hybridized carbons (Fsp3) is 0.538. The van der Waals surface area contributed by atoms with Crippen LogP contribution in [0.15, 0.2) is 18.2 Å². The lowest BCUT2D eigenvalue weighted by Gasteiger charge is -2.16. The third-order valence-electron chi connectivity index (χ3n) is 2.66. The van der Waals surface area contributed by atoms with E-state index in [0.29, 0.717) is 19.7 Å². The van der Waals surface area contributed by atoms with Gasteiger partial charge in [0.25, 0.3) is 0 Å². The van der Waals surface area contributed by atoms with E-state index >= 15 is 0 Å². The highest BCUT2D eigenvalue weighted by Crippen LogP contribution is 2.25. The SMILES string of the molecule is CCCOc1ccc(Cl)cc1CC(CN)CN. The first-order valence-electron chi connectivity index (χ1n) is 6.02. The zero-order chi connectivity index (χ0) is 12.7. The number of nitrogens with two attached hydrogens (primary N) is 2. The minimum atomic E-state index is 0.275. The Hall–Kier alpha value is -0.770. The summed E-state index contributed by atoms with van der Waals surface area (Å²) in [5, 5.41) is 0.719. The number of benzene rings is 1. The van der Waals surface area contributed by atoms with Gasteiger partial charge in [-0.15, -0.1) is 0 Å². The van der Waals surface area contributed by atoms with Crippen molar-refractivity contribution in [1.82, 2.24) is 0 Å². The first-order chi connectivity index (χ1) is 8.21. The quantitative estimate of drug-likeness (QED) is 0.786. The third kappa shape index (κ3) is 4.54. The maximum atomic E-state index is 6.00. The van der Waals surface area contributed by atoms with E-state index in [1.54, 1.807) is 0 Å². The minimum Gasteiger partial charge on any atom is -0.493 e. The van der Waals surface area contributed by atoms with Gasteiger partial charge in [-0.3, -0.25) is 0 Å². The van der Waals surface area contributed by atoms with Crippen molar-refractivity contribution >= 4 is 11.6 Å². The van der Waals surface area contributed by atoms with Crippen LogP contribution >= 0.6 is 11.6 Å². The van der Waals surface area contributed by atoms with Crippen LogP contribution in [0.3, 0.4) is 0 Å². The minimum absolute atomic E-state index is 0.275. The molecule has 0 aliphatic carbocycles. The molecule has 0 bridgehead atoms. The van der Waals surface area contributed by atoms with Gasteiger partial charge in [0.15, 0.2) is 0 Å². The van der Waals surface area contributed by atoms with Gasteiger partial charge in [-0.25, -0.2) is 0 Å². The zero-order valence-corrected chi connectivity index (χ0v) is 11.0. The van der Waals surface area contributed by atoms with Gasteiger partial charge in [-0.1, -0.05) is 18.5 Å². The molecular weight excluding hydrogens is 236 g/mol. The average Bonchev–Trinajstić information content (AvgIpc) is 2.35.